The lowest BCUT2D eigenvalue weighted by Crippen LogP contribution is -1.93. The maximum atomic E-state index is 5.41. The van der Waals surface area contributed by atoms with E-state index in [1.54, 1.807) is 12.4 Å². The van der Waals surface area contributed by atoms with Crippen molar-refractivity contribution < 1.29 is 0 Å². The highest BCUT2D eigenvalue weighted by Crippen LogP contribution is 2.22. The van der Waals surface area contributed by atoms with E-state index in [1.165, 1.54) is 24.2 Å². The molecule has 0 saturated heterocycles. The number of hydrogen-bond acceptors (Lipinski definition) is 7. The highest BCUT2D eigenvalue weighted by atomic mass is 32.2. The van der Waals surface area contributed by atoms with Crippen molar-refractivity contribution in [2.24, 2.45) is 0 Å². The van der Waals surface area contributed by atoms with Crippen LogP contribution in [-0.2, 0) is 0 Å². The molecule has 2 heterocycles. The summed E-state index contributed by atoms with van der Waals surface area (Å²) >= 11 is 1.35. The fourth-order valence-corrected chi connectivity index (χ4v) is 1.50. The van der Waals surface area contributed by atoms with Crippen LogP contribution in [0.25, 0.3) is 0 Å². The lowest BCUT2D eigenvalue weighted by atomic mass is 10.7. The van der Waals surface area contributed by atoms with Crippen LogP contribution < -0.4 is 11.5 Å². The van der Waals surface area contributed by atoms with E-state index in [-0.39, 0.29) is 0 Å². The molecular formula is C8H8N6S. The van der Waals surface area contributed by atoms with Crippen molar-refractivity contribution in [1.29, 1.82) is 0 Å². The Morgan fingerprint density at radius 1 is 0.733 bits per heavy atom. The van der Waals surface area contributed by atoms with Gasteiger partial charge in [-0.05, 0) is 11.8 Å². The van der Waals surface area contributed by atoms with Gasteiger partial charge in [0.15, 0.2) is 0 Å². The van der Waals surface area contributed by atoms with E-state index < -0.39 is 0 Å². The zero-order chi connectivity index (χ0) is 10.7. The van der Waals surface area contributed by atoms with Gasteiger partial charge in [-0.1, -0.05) is 0 Å². The van der Waals surface area contributed by atoms with E-state index in [0.717, 1.165) is 0 Å². The van der Waals surface area contributed by atoms with E-state index in [9.17, 15) is 0 Å². The van der Waals surface area contributed by atoms with Crippen molar-refractivity contribution in [2.45, 2.75) is 10.1 Å². The molecule has 0 atom stereocenters. The number of aromatic nitrogens is 4. The maximum absolute atomic E-state index is 5.41. The molecule has 0 radical (unpaired) electrons. The molecule has 15 heavy (non-hydrogen) atoms. The second-order valence-corrected chi connectivity index (χ2v) is 3.70. The number of nitrogens with zero attached hydrogens (tertiary/aromatic N) is 4. The minimum absolute atomic E-state index is 0.391. The van der Waals surface area contributed by atoms with E-state index in [2.05, 4.69) is 19.9 Å². The smallest absolute Gasteiger partial charge is 0.141 e. The van der Waals surface area contributed by atoms with Crippen LogP contribution in [0.4, 0.5) is 11.6 Å². The third-order valence-corrected chi connectivity index (χ3v) is 2.35. The van der Waals surface area contributed by atoms with Crippen molar-refractivity contribution in [2.75, 3.05) is 11.5 Å². The predicted molar refractivity (Wildman–Crippen MR) is 57.0 cm³/mol. The van der Waals surface area contributed by atoms with Crippen molar-refractivity contribution >= 4 is 23.4 Å². The summed E-state index contributed by atoms with van der Waals surface area (Å²) in [6, 6.07) is 0. The SMILES string of the molecule is Nc1cnc(Sc2cnc(N)cn2)cn1. The fraction of sp³-hybridized carbons (Fsp3) is 0. The summed E-state index contributed by atoms with van der Waals surface area (Å²) in [5.74, 6) is 0.783. The summed E-state index contributed by atoms with van der Waals surface area (Å²) in [4.78, 5) is 16.0. The molecule has 76 valence electrons. The summed E-state index contributed by atoms with van der Waals surface area (Å²) in [6.07, 6.45) is 6.15. The number of rotatable bonds is 2. The zero-order valence-corrected chi connectivity index (χ0v) is 8.48. The van der Waals surface area contributed by atoms with Crippen LogP contribution in [0.15, 0.2) is 34.8 Å². The third-order valence-electron chi connectivity index (χ3n) is 1.51. The molecule has 0 aromatic carbocycles. The summed E-state index contributed by atoms with van der Waals surface area (Å²) in [5.41, 5.74) is 10.8. The van der Waals surface area contributed by atoms with Crippen LogP contribution in [0.2, 0.25) is 0 Å². The largest absolute Gasteiger partial charge is 0.382 e. The van der Waals surface area contributed by atoms with Gasteiger partial charge in [0.25, 0.3) is 0 Å². The minimum atomic E-state index is 0.391. The Morgan fingerprint density at radius 2 is 1.20 bits per heavy atom. The van der Waals surface area contributed by atoms with Crippen LogP contribution in [0.5, 0.6) is 0 Å². The Kier molecular flexibility index (Phi) is 2.64. The quantitative estimate of drug-likeness (QED) is 0.762. The lowest BCUT2D eigenvalue weighted by molar-refractivity contribution is 1.03. The molecule has 0 bridgehead atoms. The number of hydrogen-bond donors (Lipinski definition) is 2. The van der Waals surface area contributed by atoms with Gasteiger partial charge in [0, 0.05) is 0 Å². The standard InChI is InChI=1S/C8H8N6S/c9-5-1-13-7(3-11-5)15-8-4-12-6(10)2-14-8/h1-4H,(H2,9,11)(H2,10,12). The highest BCUT2D eigenvalue weighted by Gasteiger charge is 2.00. The Bertz CT molecular complexity index is 396. The molecule has 0 aliphatic rings. The molecule has 2 aromatic rings. The lowest BCUT2D eigenvalue weighted by Gasteiger charge is -1.99. The second-order valence-electron chi connectivity index (χ2n) is 2.66. The molecule has 2 rings (SSSR count). The Labute approximate surface area is 90.2 Å². The van der Waals surface area contributed by atoms with Gasteiger partial charge < -0.3 is 11.5 Å². The first kappa shape index (κ1) is 9.66. The van der Waals surface area contributed by atoms with Gasteiger partial charge in [-0.2, -0.15) is 0 Å². The fourth-order valence-electron chi connectivity index (χ4n) is 0.865. The van der Waals surface area contributed by atoms with Crippen LogP contribution in [0.3, 0.4) is 0 Å². The zero-order valence-electron chi connectivity index (χ0n) is 7.66. The highest BCUT2D eigenvalue weighted by molar-refractivity contribution is 7.99. The number of nitrogens with two attached hydrogens (primary N) is 2. The first-order chi connectivity index (χ1) is 7.24. The van der Waals surface area contributed by atoms with Crippen LogP contribution in [0.1, 0.15) is 0 Å². The number of anilines is 2. The molecule has 7 heteroatoms. The maximum Gasteiger partial charge on any atom is 0.141 e. The van der Waals surface area contributed by atoms with Gasteiger partial charge in [0.2, 0.25) is 0 Å². The average Bonchev–Trinajstić information content (AvgIpc) is 2.25. The van der Waals surface area contributed by atoms with Crippen LogP contribution in [-0.4, -0.2) is 19.9 Å². The van der Waals surface area contributed by atoms with Crippen molar-refractivity contribution in [3.63, 3.8) is 0 Å². The van der Waals surface area contributed by atoms with Gasteiger partial charge in [-0.25, -0.2) is 19.9 Å². The Hall–Kier alpha value is -1.89. The monoisotopic (exact) mass is 220 g/mol. The van der Waals surface area contributed by atoms with E-state index in [0.29, 0.717) is 21.7 Å². The summed E-state index contributed by atoms with van der Waals surface area (Å²) in [5, 5.41) is 1.42. The van der Waals surface area contributed by atoms with Gasteiger partial charge in [-0.3, -0.25) is 0 Å². The van der Waals surface area contributed by atoms with Gasteiger partial charge in [0.05, 0.1) is 24.8 Å². The van der Waals surface area contributed by atoms with Gasteiger partial charge in [-0.15, -0.1) is 0 Å². The second kappa shape index (κ2) is 4.09. The van der Waals surface area contributed by atoms with Gasteiger partial charge in [0.1, 0.15) is 21.7 Å². The predicted octanol–water partition coefficient (Wildman–Crippen LogP) is 0.582. The van der Waals surface area contributed by atoms with Crippen molar-refractivity contribution in [1.82, 2.24) is 19.9 Å². The van der Waals surface area contributed by atoms with E-state index in [1.807, 2.05) is 0 Å². The molecule has 2 aromatic heterocycles. The van der Waals surface area contributed by atoms with E-state index in [4.69, 9.17) is 11.5 Å². The molecule has 4 N–H and O–H groups in total. The number of nitrogen functional groups attached to an aromatic ring is 2. The molecule has 0 amide bonds. The molecule has 0 aliphatic heterocycles. The topological polar surface area (TPSA) is 104 Å². The van der Waals surface area contributed by atoms with Crippen LogP contribution >= 0.6 is 11.8 Å². The molecule has 0 fully saturated rings. The van der Waals surface area contributed by atoms with Crippen molar-refractivity contribution in [3.8, 4) is 0 Å². The molecule has 0 saturated carbocycles. The first-order valence-electron chi connectivity index (χ1n) is 4.07. The van der Waals surface area contributed by atoms with Gasteiger partial charge >= 0.3 is 0 Å². The normalized spacial score (nSPS) is 10.1. The molecule has 0 aliphatic carbocycles. The Balaban J connectivity index is 2.15. The molecule has 0 spiro atoms. The average molecular weight is 220 g/mol. The molecular weight excluding hydrogens is 212 g/mol. The molecule has 0 unspecified atom stereocenters. The first-order valence-corrected chi connectivity index (χ1v) is 4.88. The van der Waals surface area contributed by atoms with E-state index >= 15 is 0 Å². The Morgan fingerprint density at radius 3 is 1.53 bits per heavy atom. The van der Waals surface area contributed by atoms with Crippen molar-refractivity contribution in [3.05, 3.63) is 24.8 Å². The minimum Gasteiger partial charge on any atom is -0.382 e. The third kappa shape index (κ3) is 2.53. The summed E-state index contributed by atoms with van der Waals surface area (Å²) in [7, 11) is 0. The summed E-state index contributed by atoms with van der Waals surface area (Å²) in [6.45, 7) is 0. The summed E-state index contributed by atoms with van der Waals surface area (Å²) < 4.78 is 0. The van der Waals surface area contributed by atoms with Crippen LogP contribution in [0, 0.1) is 0 Å². The molecule has 6 nitrogen and oxygen atoms in total.